The minimum atomic E-state index is -0.757. The van der Waals surface area contributed by atoms with Crippen LogP contribution in [-0.4, -0.2) is 34.4 Å². The molecule has 0 aromatic heterocycles. The molecular weight excluding hydrogens is 426 g/mol. The lowest BCUT2D eigenvalue weighted by Gasteiger charge is -2.51. The minimum Gasteiger partial charge on any atom is -0.388 e. The van der Waals surface area contributed by atoms with E-state index in [1.54, 1.807) is 12.1 Å². The molecule has 0 saturated carbocycles. The summed E-state index contributed by atoms with van der Waals surface area (Å²) in [6.07, 6.45) is -0.904. The molecule has 1 aliphatic carbocycles. The van der Waals surface area contributed by atoms with Crippen molar-refractivity contribution >= 4 is 39.6 Å². The third-order valence-electron chi connectivity index (χ3n) is 7.25. The highest BCUT2D eigenvalue weighted by molar-refractivity contribution is 6.41. The molecule has 6 rings (SSSR count). The van der Waals surface area contributed by atoms with Crippen molar-refractivity contribution in [3.05, 3.63) is 74.8 Å². The van der Waals surface area contributed by atoms with Crippen LogP contribution < -0.4 is 5.32 Å². The molecule has 2 aliphatic heterocycles. The van der Waals surface area contributed by atoms with Gasteiger partial charge in [0.05, 0.1) is 39.6 Å². The van der Waals surface area contributed by atoms with E-state index < -0.39 is 11.6 Å². The number of hydrogen-bond acceptors (Lipinski definition) is 5. The number of nitrogens with one attached hydrogen (secondary N) is 1. The van der Waals surface area contributed by atoms with Gasteiger partial charge in [0, 0.05) is 23.1 Å². The highest BCUT2D eigenvalue weighted by atomic mass is 35.5. The molecular formula is C26H22ClNO4. The monoisotopic (exact) mass is 447 g/mol. The van der Waals surface area contributed by atoms with E-state index in [1.807, 2.05) is 45.0 Å². The van der Waals surface area contributed by atoms with E-state index in [9.17, 15) is 14.7 Å². The van der Waals surface area contributed by atoms with Crippen LogP contribution in [-0.2, 0) is 4.74 Å². The van der Waals surface area contributed by atoms with Gasteiger partial charge in [-0.2, -0.15) is 0 Å². The molecule has 4 unspecified atom stereocenters. The SMILES string of the molecule is Cc1ccc2c3c(ccc2c1)C(=O)c1c2c(cc(Cl)c1C3=O)C1CC(C)(N2)C(O)C(C)O1. The first-order chi connectivity index (χ1) is 15.2. The van der Waals surface area contributed by atoms with Gasteiger partial charge in [0.2, 0.25) is 0 Å². The van der Waals surface area contributed by atoms with Gasteiger partial charge in [-0.1, -0.05) is 41.4 Å². The molecule has 32 heavy (non-hydrogen) atoms. The van der Waals surface area contributed by atoms with Crippen molar-refractivity contribution in [3.8, 4) is 0 Å². The van der Waals surface area contributed by atoms with Gasteiger partial charge in [-0.15, -0.1) is 0 Å². The van der Waals surface area contributed by atoms with Gasteiger partial charge in [0.1, 0.15) is 6.10 Å². The van der Waals surface area contributed by atoms with Crippen molar-refractivity contribution in [1.29, 1.82) is 0 Å². The third kappa shape index (κ3) is 2.47. The fourth-order valence-electron chi connectivity index (χ4n) is 5.65. The number of aliphatic hydroxyl groups is 1. The van der Waals surface area contributed by atoms with Crippen LogP contribution in [0.15, 0.2) is 36.4 Å². The standard InChI is InChI=1S/C26H22ClNO4/c1-11-4-6-14-13(8-11)5-7-15-19(14)24(30)20-17(27)9-16-18-10-26(3,25(31)12(2)32-18)28-22(16)21(20)23(15)29/h4-9,12,18,25,28,31H,10H2,1-3H3. The number of rotatable bonds is 0. The number of ether oxygens (including phenoxy) is 1. The van der Waals surface area contributed by atoms with E-state index in [1.165, 1.54) is 0 Å². The fraction of sp³-hybridized carbons (Fsp3) is 0.308. The van der Waals surface area contributed by atoms with Gasteiger partial charge in [-0.25, -0.2) is 0 Å². The Bertz CT molecular complexity index is 1380. The van der Waals surface area contributed by atoms with Crippen molar-refractivity contribution < 1.29 is 19.4 Å². The number of ketones is 2. The number of aliphatic hydroxyl groups excluding tert-OH is 1. The first-order valence-electron chi connectivity index (χ1n) is 10.8. The van der Waals surface area contributed by atoms with E-state index in [0.29, 0.717) is 23.2 Å². The second kappa shape index (κ2) is 6.41. The zero-order valence-corrected chi connectivity index (χ0v) is 18.7. The van der Waals surface area contributed by atoms with Crippen molar-refractivity contribution in [2.45, 2.75) is 51.0 Å². The van der Waals surface area contributed by atoms with Crippen LogP contribution in [0.3, 0.4) is 0 Å². The predicted octanol–water partition coefficient (Wildman–Crippen LogP) is 4.97. The number of carbonyl (C=O) groups is 2. The average Bonchev–Trinajstić information content (AvgIpc) is 2.75. The molecule has 0 spiro atoms. The molecule has 3 aromatic rings. The topological polar surface area (TPSA) is 75.6 Å². The molecule has 3 aromatic carbocycles. The van der Waals surface area contributed by atoms with Gasteiger partial charge < -0.3 is 15.2 Å². The normalized spacial score (nSPS) is 28.1. The summed E-state index contributed by atoms with van der Waals surface area (Å²) in [6, 6.07) is 11.2. The van der Waals surface area contributed by atoms with E-state index in [0.717, 1.165) is 21.9 Å². The summed E-state index contributed by atoms with van der Waals surface area (Å²) >= 11 is 6.65. The molecule has 162 valence electrons. The summed E-state index contributed by atoms with van der Waals surface area (Å²) in [4.78, 5) is 27.6. The predicted molar refractivity (Wildman–Crippen MR) is 123 cm³/mol. The van der Waals surface area contributed by atoms with Gasteiger partial charge in [-0.05, 0) is 43.7 Å². The van der Waals surface area contributed by atoms with Crippen molar-refractivity contribution in [3.63, 3.8) is 0 Å². The number of carbonyl (C=O) groups excluding carboxylic acids is 2. The van der Waals surface area contributed by atoms with E-state index >= 15 is 0 Å². The van der Waals surface area contributed by atoms with Crippen molar-refractivity contribution in [2.24, 2.45) is 0 Å². The largest absolute Gasteiger partial charge is 0.388 e. The number of anilines is 1. The molecule has 1 fully saturated rings. The van der Waals surface area contributed by atoms with Crippen LogP contribution in [0, 0.1) is 6.92 Å². The first-order valence-corrected chi connectivity index (χ1v) is 11.2. The lowest BCUT2D eigenvalue weighted by Crippen LogP contribution is -2.59. The third-order valence-corrected chi connectivity index (χ3v) is 7.55. The maximum absolute atomic E-state index is 13.8. The van der Waals surface area contributed by atoms with Gasteiger partial charge in [0.15, 0.2) is 11.6 Å². The Hall–Kier alpha value is -2.73. The number of hydrogen-bond donors (Lipinski definition) is 2. The van der Waals surface area contributed by atoms with Gasteiger partial charge >= 0.3 is 0 Å². The van der Waals surface area contributed by atoms with Crippen molar-refractivity contribution in [2.75, 3.05) is 5.32 Å². The molecule has 1 saturated heterocycles. The van der Waals surface area contributed by atoms with Gasteiger partial charge in [-0.3, -0.25) is 9.59 Å². The van der Waals surface area contributed by atoms with E-state index in [2.05, 4.69) is 5.32 Å². The van der Waals surface area contributed by atoms with Crippen LogP contribution in [0.2, 0.25) is 5.02 Å². The Kier molecular flexibility index (Phi) is 3.99. The van der Waals surface area contributed by atoms with Crippen LogP contribution >= 0.6 is 11.6 Å². The summed E-state index contributed by atoms with van der Waals surface area (Å²) < 4.78 is 6.06. The zero-order chi connectivity index (χ0) is 22.5. The maximum Gasteiger partial charge on any atom is 0.196 e. The first kappa shape index (κ1) is 19.9. The van der Waals surface area contributed by atoms with Crippen molar-refractivity contribution in [1.82, 2.24) is 0 Å². The fourth-order valence-corrected chi connectivity index (χ4v) is 5.95. The number of halogens is 1. The Labute approximate surface area is 190 Å². The summed E-state index contributed by atoms with van der Waals surface area (Å²) in [5.74, 6) is -0.496. The highest BCUT2D eigenvalue weighted by Crippen LogP contribution is 2.51. The molecule has 6 heteroatoms. The summed E-state index contributed by atoms with van der Waals surface area (Å²) in [5.41, 5.74) is 2.97. The number of benzene rings is 3. The quantitative estimate of drug-likeness (QED) is 0.398. The molecule has 2 N–H and O–H groups in total. The molecule has 5 nitrogen and oxygen atoms in total. The molecule has 2 heterocycles. The molecule has 0 amide bonds. The summed E-state index contributed by atoms with van der Waals surface area (Å²) in [7, 11) is 0. The van der Waals surface area contributed by atoms with Crippen LogP contribution in [0.25, 0.3) is 10.8 Å². The minimum absolute atomic E-state index is 0.217. The highest BCUT2D eigenvalue weighted by Gasteiger charge is 2.50. The smallest absolute Gasteiger partial charge is 0.196 e. The lowest BCUT2D eigenvalue weighted by atomic mass is 9.73. The maximum atomic E-state index is 13.8. The Balaban J connectivity index is 1.62. The van der Waals surface area contributed by atoms with Crippen LogP contribution in [0.4, 0.5) is 5.69 Å². The Morgan fingerprint density at radius 1 is 1.09 bits per heavy atom. The molecule has 3 aliphatic rings. The van der Waals surface area contributed by atoms with Crippen LogP contribution in [0.5, 0.6) is 0 Å². The van der Waals surface area contributed by atoms with Crippen LogP contribution in [0.1, 0.15) is 69.3 Å². The summed E-state index contributed by atoms with van der Waals surface area (Å²) in [5, 5.41) is 16.1. The summed E-state index contributed by atoms with van der Waals surface area (Å²) in [6.45, 7) is 5.75. The molecule has 2 bridgehead atoms. The number of fused-ring (bicyclic) bond motifs is 9. The average molecular weight is 448 g/mol. The Morgan fingerprint density at radius 2 is 1.88 bits per heavy atom. The van der Waals surface area contributed by atoms with Gasteiger partial charge in [0.25, 0.3) is 0 Å². The molecule has 4 atom stereocenters. The number of aryl methyl sites for hydroxylation is 1. The second-order valence-corrected chi connectivity index (χ2v) is 9.87. The van der Waals surface area contributed by atoms with E-state index in [-0.39, 0.29) is 39.9 Å². The lowest BCUT2D eigenvalue weighted by molar-refractivity contribution is -0.142. The second-order valence-electron chi connectivity index (χ2n) is 9.46. The zero-order valence-electron chi connectivity index (χ0n) is 18.0. The van der Waals surface area contributed by atoms with E-state index in [4.69, 9.17) is 16.3 Å². The molecule has 0 radical (unpaired) electrons. The Morgan fingerprint density at radius 3 is 2.66 bits per heavy atom.